The van der Waals surface area contributed by atoms with Gasteiger partial charge in [-0.2, -0.15) is 0 Å². The molecular weight excluding hydrogens is 379 g/mol. The van der Waals surface area contributed by atoms with Crippen molar-refractivity contribution in [2.75, 3.05) is 7.11 Å². The van der Waals surface area contributed by atoms with Crippen LogP contribution >= 0.6 is 31.9 Å². The van der Waals surface area contributed by atoms with Gasteiger partial charge in [-0.15, -0.1) is 0 Å². The zero-order chi connectivity index (χ0) is 14.0. The molecule has 2 rings (SSSR count). The van der Waals surface area contributed by atoms with E-state index < -0.39 is 11.9 Å². The Bertz CT molecular complexity index is 582. The molecule has 0 heterocycles. The Hall–Kier alpha value is -0.910. The van der Waals surface area contributed by atoms with Gasteiger partial charge in [0.25, 0.3) is 0 Å². The molecular formula is C14H11Br2FO2. The monoisotopic (exact) mass is 388 g/mol. The summed E-state index contributed by atoms with van der Waals surface area (Å²) in [7, 11) is 1.40. The zero-order valence-corrected chi connectivity index (χ0v) is 13.2. The van der Waals surface area contributed by atoms with E-state index in [0.717, 1.165) is 8.95 Å². The fraction of sp³-hybridized carbons (Fsp3) is 0.143. The predicted octanol–water partition coefficient (Wildman–Crippen LogP) is 4.44. The van der Waals surface area contributed by atoms with Crippen molar-refractivity contribution in [1.82, 2.24) is 0 Å². The first-order chi connectivity index (χ1) is 9.01. The highest BCUT2D eigenvalue weighted by molar-refractivity contribution is 9.11. The van der Waals surface area contributed by atoms with Crippen LogP contribution in [0.4, 0.5) is 4.39 Å². The average molecular weight is 390 g/mol. The number of ether oxygens (including phenoxy) is 1. The lowest BCUT2D eigenvalue weighted by Crippen LogP contribution is -2.01. The first-order valence-corrected chi connectivity index (χ1v) is 7.07. The summed E-state index contributed by atoms with van der Waals surface area (Å²) in [6.07, 6.45) is -0.894. The van der Waals surface area contributed by atoms with Crippen molar-refractivity contribution in [3.63, 3.8) is 0 Å². The van der Waals surface area contributed by atoms with E-state index in [9.17, 15) is 9.50 Å². The summed E-state index contributed by atoms with van der Waals surface area (Å²) in [6, 6.07) is 9.86. The van der Waals surface area contributed by atoms with Gasteiger partial charge in [0.2, 0.25) is 0 Å². The topological polar surface area (TPSA) is 29.5 Å². The van der Waals surface area contributed by atoms with Crippen LogP contribution in [0.15, 0.2) is 45.3 Å². The second-order valence-electron chi connectivity index (χ2n) is 4.00. The van der Waals surface area contributed by atoms with Crippen LogP contribution < -0.4 is 4.74 Å². The summed E-state index contributed by atoms with van der Waals surface area (Å²) in [5.41, 5.74) is 1.15. The Kier molecular flexibility index (Phi) is 4.60. The molecule has 0 saturated carbocycles. The standard InChI is InChI=1S/C14H11Br2FO2/c1-19-13-3-2-8(6-12(13)17)14(18)9-4-10(15)7-11(16)5-9/h2-7,14,18H,1H3. The highest BCUT2D eigenvalue weighted by Crippen LogP contribution is 2.30. The Morgan fingerprint density at radius 3 is 2.21 bits per heavy atom. The highest BCUT2D eigenvalue weighted by Gasteiger charge is 2.14. The van der Waals surface area contributed by atoms with E-state index in [1.807, 2.05) is 6.07 Å². The van der Waals surface area contributed by atoms with Gasteiger partial charge in [-0.05, 0) is 41.5 Å². The van der Waals surface area contributed by atoms with Crippen molar-refractivity contribution in [1.29, 1.82) is 0 Å². The molecule has 0 saturated heterocycles. The molecule has 0 aliphatic carbocycles. The van der Waals surface area contributed by atoms with Crippen LogP contribution in [-0.4, -0.2) is 12.2 Å². The molecule has 100 valence electrons. The van der Waals surface area contributed by atoms with E-state index in [1.165, 1.54) is 19.2 Å². The second-order valence-corrected chi connectivity index (χ2v) is 5.83. The van der Waals surface area contributed by atoms with Crippen molar-refractivity contribution in [2.45, 2.75) is 6.10 Å². The molecule has 19 heavy (non-hydrogen) atoms. The maximum Gasteiger partial charge on any atom is 0.165 e. The maximum absolute atomic E-state index is 13.6. The minimum atomic E-state index is -0.894. The number of rotatable bonds is 3. The third-order valence-electron chi connectivity index (χ3n) is 2.69. The third kappa shape index (κ3) is 3.35. The number of methoxy groups -OCH3 is 1. The maximum atomic E-state index is 13.6. The summed E-state index contributed by atoms with van der Waals surface area (Å²) >= 11 is 6.71. The molecule has 0 radical (unpaired) electrons. The Labute approximate surface area is 127 Å². The molecule has 0 spiro atoms. The van der Waals surface area contributed by atoms with Crippen LogP contribution in [0.3, 0.4) is 0 Å². The van der Waals surface area contributed by atoms with E-state index in [4.69, 9.17) is 4.74 Å². The van der Waals surface area contributed by atoms with Crippen molar-refractivity contribution < 1.29 is 14.2 Å². The summed E-state index contributed by atoms with van der Waals surface area (Å²) in [4.78, 5) is 0. The van der Waals surface area contributed by atoms with Crippen LogP contribution in [0.1, 0.15) is 17.2 Å². The van der Waals surface area contributed by atoms with E-state index in [-0.39, 0.29) is 5.75 Å². The van der Waals surface area contributed by atoms with Crippen molar-refractivity contribution >= 4 is 31.9 Å². The van der Waals surface area contributed by atoms with E-state index in [2.05, 4.69) is 31.9 Å². The van der Waals surface area contributed by atoms with Gasteiger partial charge in [0.05, 0.1) is 7.11 Å². The van der Waals surface area contributed by atoms with Gasteiger partial charge in [-0.25, -0.2) is 4.39 Å². The molecule has 5 heteroatoms. The van der Waals surface area contributed by atoms with E-state index in [0.29, 0.717) is 11.1 Å². The predicted molar refractivity (Wildman–Crippen MR) is 78.9 cm³/mol. The molecule has 0 aliphatic heterocycles. The second kappa shape index (κ2) is 6.03. The molecule has 2 aromatic carbocycles. The fourth-order valence-electron chi connectivity index (χ4n) is 1.78. The number of hydrogen-bond acceptors (Lipinski definition) is 2. The molecule has 1 unspecified atom stereocenters. The van der Waals surface area contributed by atoms with Gasteiger partial charge in [0, 0.05) is 8.95 Å². The van der Waals surface area contributed by atoms with Crippen molar-refractivity contribution in [2.24, 2.45) is 0 Å². The SMILES string of the molecule is COc1ccc(C(O)c2cc(Br)cc(Br)c2)cc1F. The number of aliphatic hydroxyl groups excluding tert-OH is 1. The number of halogens is 3. The lowest BCUT2D eigenvalue weighted by Gasteiger charge is -2.13. The van der Waals surface area contributed by atoms with Crippen LogP contribution in [0.2, 0.25) is 0 Å². The molecule has 0 amide bonds. The minimum Gasteiger partial charge on any atom is -0.494 e. The summed E-state index contributed by atoms with van der Waals surface area (Å²) in [6.45, 7) is 0. The van der Waals surface area contributed by atoms with Crippen LogP contribution in [0.5, 0.6) is 5.75 Å². The van der Waals surface area contributed by atoms with Gasteiger partial charge in [-0.3, -0.25) is 0 Å². The van der Waals surface area contributed by atoms with Gasteiger partial charge >= 0.3 is 0 Å². The largest absolute Gasteiger partial charge is 0.494 e. The van der Waals surface area contributed by atoms with Crippen LogP contribution in [0.25, 0.3) is 0 Å². The fourth-order valence-corrected chi connectivity index (χ4v) is 3.11. The average Bonchev–Trinajstić information content (AvgIpc) is 2.36. The summed E-state index contributed by atoms with van der Waals surface area (Å²) < 4.78 is 20.2. The van der Waals surface area contributed by atoms with E-state index >= 15 is 0 Å². The Balaban J connectivity index is 2.38. The first kappa shape index (κ1) is 14.5. The lowest BCUT2D eigenvalue weighted by atomic mass is 10.0. The van der Waals surface area contributed by atoms with Gasteiger partial charge < -0.3 is 9.84 Å². The van der Waals surface area contributed by atoms with E-state index in [1.54, 1.807) is 18.2 Å². The smallest absolute Gasteiger partial charge is 0.165 e. The van der Waals surface area contributed by atoms with Crippen LogP contribution in [-0.2, 0) is 0 Å². The first-order valence-electron chi connectivity index (χ1n) is 5.48. The normalized spacial score (nSPS) is 12.3. The number of hydrogen-bond donors (Lipinski definition) is 1. The number of benzene rings is 2. The van der Waals surface area contributed by atoms with Gasteiger partial charge in [-0.1, -0.05) is 37.9 Å². The Morgan fingerprint density at radius 1 is 1.05 bits per heavy atom. The molecule has 1 N–H and O–H groups in total. The van der Waals surface area contributed by atoms with Crippen molar-refractivity contribution in [3.05, 3.63) is 62.3 Å². The Morgan fingerprint density at radius 2 is 1.68 bits per heavy atom. The van der Waals surface area contributed by atoms with Gasteiger partial charge in [0.1, 0.15) is 6.10 Å². The number of aliphatic hydroxyl groups is 1. The minimum absolute atomic E-state index is 0.159. The molecule has 2 nitrogen and oxygen atoms in total. The molecule has 0 aromatic heterocycles. The highest BCUT2D eigenvalue weighted by atomic mass is 79.9. The van der Waals surface area contributed by atoms with Crippen LogP contribution in [0, 0.1) is 5.82 Å². The quantitative estimate of drug-likeness (QED) is 0.840. The van der Waals surface area contributed by atoms with Crippen molar-refractivity contribution in [3.8, 4) is 5.75 Å². The molecule has 2 aromatic rings. The summed E-state index contributed by atoms with van der Waals surface area (Å²) in [5, 5.41) is 10.3. The zero-order valence-electron chi connectivity index (χ0n) is 10.0. The summed E-state index contributed by atoms with van der Waals surface area (Å²) in [5.74, 6) is -0.334. The molecule has 1 atom stereocenters. The lowest BCUT2D eigenvalue weighted by molar-refractivity contribution is 0.219. The molecule has 0 fully saturated rings. The molecule has 0 aliphatic rings. The van der Waals surface area contributed by atoms with Gasteiger partial charge in [0.15, 0.2) is 11.6 Å². The third-order valence-corrected chi connectivity index (χ3v) is 3.61. The molecule has 0 bridgehead atoms.